The molecule has 3 aromatic rings. The van der Waals surface area contributed by atoms with E-state index in [0.29, 0.717) is 23.8 Å². The van der Waals surface area contributed by atoms with Gasteiger partial charge in [0.15, 0.2) is 5.82 Å². The summed E-state index contributed by atoms with van der Waals surface area (Å²) in [5.74, 6) is 2.10. The van der Waals surface area contributed by atoms with Crippen LogP contribution in [-0.2, 0) is 13.2 Å². The van der Waals surface area contributed by atoms with E-state index in [4.69, 9.17) is 0 Å². The second kappa shape index (κ2) is 7.27. The van der Waals surface area contributed by atoms with E-state index in [2.05, 4.69) is 30.6 Å². The lowest BCUT2D eigenvalue weighted by Crippen LogP contribution is -2.44. The third kappa shape index (κ3) is 3.13. The Bertz CT molecular complexity index is 1000. The Labute approximate surface area is 162 Å². The van der Waals surface area contributed by atoms with Crippen LogP contribution < -0.4 is 5.32 Å². The lowest BCUT2D eigenvalue weighted by Gasteiger charge is -2.35. The maximum absolute atomic E-state index is 12.7. The van der Waals surface area contributed by atoms with E-state index < -0.39 is 0 Å². The number of hydrogen-bond donors (Lipinski definition) is 2. The topological polar surface area (TPSA) is 123 Å². The Hall–Kier alpha value is -2.88. The van der Waals surface area contributed by atoms with Gasteiger partial charge in [0.05, 0.1) is 5.69 Å². The van der Waals surface area contributed by atoms with Crippen molar-refractivity contribution >= 4 is 11.7 Å². The SMILES string of the molecule is CCn1c(CO)nnc1C1CC(NC(=O)c2cc(C(C)C)n3ncnc3n2)C1. The minimum Gasteiger partial charge on any atom is -0.388 e. The summed E-state index contributed by atoms with van der Waals surface area (Å²) < 4.78 is 3.61. The molecule has 0 atom stereocenters. The van der Waals surface area contributed by atoms with Crippen molar-refractivity contribution in [1.29, 1.82) is 0 Å². The average Bonchev–Trinajstić information content (AvgIpc) is 3.28. The van der Waals surface area contributed by atoms with Gasteiger partial charge in [-0.1, -0.05) is 13.8 Å². The van der Waals surface area contributed by atoms with Crippen LogP contribution in [0.15, 0.2) is 12.4 Å². The zero-order valence-corrected chi connectivity index (χ0v) is 16.2. The first-order valence-corrected chi connectivity index (χ1v) is 9.56. The molecule has 4 rings (SSSR count). The van der Waals surface area contributed by atoms with Crippen molar-refractivity contribution in [2.45, 2.75) is 64.6 Å². The highest BCUT2D eigenvalue weighted by molar-refractivity contribution is 5.93. The van der Waals surface area contributed by atoms with Gasteiger partial charge in [-0.05, 0) is 31.7 Å². The fourth-order valence-electron chi connectivity index (χ4n) is 3.68. The first kappa shape index (κ1) is 18.5. The van der Waals surface area contributed by atoms with Crippen molar-refractivity contribution in [3.63, 3.8) is 0 Å². The summed E-state index contributed by atoms with van der Waals surface area (Å²) in [6.07, 6.45) is 3.02. The van der Waals surface area contributed by atoms with E-state index in [9.17, 15) is 9.90 Å². The van der Waals surface area contributed by atoms with Crippen LogP contribution in [0.4, 0.5) is 0 Å². The summed E-state index contributed by atoms with van der Waals surface area (Å²) in [6, 6.07) is 1.84. The fourth-order valence-corrected chi connectivity index (χ4v) is 3.68. The molecule has 1 saturated carbocycles. The van der Waals surface area contributed by atoms with E-state index >= 15 is 0 Å². The van der Waals surface area contributed by atoms with Crippen molar-refractivity contribution in [2.75, 3.05) is 0 Å². The van der Waals surface area contributed by atoms with Crippen LogP contribution >= 0.6 is 0 Å². The van der Waals surface area contributed by atoms with Crippen molar-refractivity contribution in [3.05, 3.63) is 35.4 Å². The maximum Gasteiger partial charge on any atom is 0.270 e. The minimum absolute atomic E-state index is 0.0653. The molecule has 28 heavy (non-hydrogen) atoms. The van der Waals surface area contributed by atoms with Crippen molar-refractivity contribution in [2.24, 2.45) is 0 Å². The van der Waals surface area contributed by atoms with Gasteiger partial charge in [0.1, 0.15) is 24.5 Å². The van der Waals surface area contributed by atoms with Gasteiger partial charge in [-0.2, -0.15) is 10.1 Å². The van der Waals surface area contributed by atoms with Gasteiger partial charge < -0.3 is 15.0 Å². The highest BCUT2D eigenvalue weighted by Crippen LogP contribution is 2.36. The van der Waals surface area contributed by atoms with Gasteiger partial charge in [-0.25, -0.2) is 9.50 Å². The first-order chi connectivity index (χ1) is 13.5. The number of aromatic nitrogens is 7. The Morgan fingerprint density at radius 2 is 2.14 bits per heavy atom. The highest BCUT2D eigenvalue weighted by Gasteiger charge is 2.35. The molecular formula is C18H24N8O2. The normalized spacial score (nSPS) is 19.2. The number of carbonyl (C=O) groups is 1. The number of aliphatic hydroxyl groups excluding tert-OH is 1. The van der Waals surface area contributed by atoms with E-state index in [0.717, 1.165) is 24.4 Å². The summed E-state index contributed by atoms with van der Waals surface area (Å²) >= 11 is 0. The van der Waals surface area contributed by atoms with Crippen LogP contribution in [-0.4, -0.2) is 51.4 Å². The van der Waals surface area contributed by atoms with Crippen molar-refractivity contribution in [1.82, 2.24) is 39.7 Å². The van der Waals surface area contributed by atoms with Crippen molar-refractivity contribution < 1.29 is 9.90 Å². The molecule has 0 spiro atoms. The summed E-state index contributed by atoms with van der Waals surface area (Å²) in [4.78, 5) is 21.2. The second-order valence-electron chi connectivity index (χ2n) is 7.41. The number of hydrogen-bond acceptors (Lipinski definition) is 7. The third-order valence-corrected chi connectivity index (χ3v) is 5.26. The smallest absolute Gasteiger partial charge is 0.270 e. The van der Waals surface area contributed by atoms with E-state index in [1.807, 2.05) is 25.3 Å². The lowest BCUT2D eigenvalue weighted by molar-refractivity contribution is 0.0901. The van der Waals surface area contributed by atoms with E-state index in [-0.39, 0.29) is 30.4 Å². The first-order valence-electron chi connectivity index (χ1n) is 9.56. The van der Waals surface area contributed by atoms with Crippen LogP contribution in [0.3, 0.4) is 0 Å². The van der Waals surface area contributed by atoms with Crippen molar-refractivity contribution in [3.8, 4) is 0 Å². The summed E-state index contributed by atoms with van der Waals surface area (Å²) in [5.41, 5.74) is 1.25. The lowest BCUT2D eigenvalue weighted by atomic mass is 9.79. The van der Waals surface area contributed by atoms with Gasteiger partial charge in [0.2, 0.25) is 0 Å². The molecule has 3 heterocycles. The molecule has 10 heteroatoms. The molecule has 1 amide bonds. The number of aliphatic hydroxyl groups is 1. The fraction of sp³-hybridized carbons (Fsp3) is 0.556. The van der Waals surface area contributed by atoms with Gasteiger partial charge in [-0.15, -0.1) is 10.2 Å². The third-order valence-electron chi connectivity index (χ3n) is 5.26. The Morgan fingerprint density at radius 1 is 1.36 bits per heavy atom. The van der Waals surface area contributed by atoms with Crippen LogP contribution in [0, 0.1) is 0 Å². The molecule has 0 saturated heterocycles. The quantitative estimate of drug-likeness (QED) is 0.650. The predicted octanol–water partition coefficient (Wildman–Crippen LogP) is 1.03. The molecule has 2 N–H and O–H groups in total. The van der Waals surface area contributed by atoms with Crippen LogP contribution in [0.5, 0.6) is 0 Å². The number of carbonyl (C=O) groups excluding carboxylic acids is 1. The number of rotatable bonds is 6. The van der Waals surface area contributed by atoms with Gasteiger partial charge in [0, 0.05) is 18.5 Å². The monoisotopic (exact) mass is 384 g/mol. The number of fused-ring (bicyclic) bond motifs is 1. The zero-order valence-electron chi connectivity index (χ0n) is 16.2. The molecule has 1 aliphatic carbocycles. The predicted molar refractivity (Wildman–Crippen MR) is 99.7 cm³/mol. The largest absolute Gasteiger partial charge is 0.388 e. The molecule has 10 nitrogen and oxygen atoms in total. The van der Waals surface area contributed by atoms with Gasteiger partial charge >= 0.3 is 0 Å². The Balaban J connectivity index is 1.45. The summed E-state index contributed by atoms with van der Waals surface area (Å²) in [5, 5.41) is 24.8. The van der Waals surface area contributed by atoms with Gasteiger partial charge in [0.25, 0.3) is 11.7 Å². The number of amides is 1. The molecule has 3 aromatic heterocycles. The Kier molecular flexibility index (Phi) is 4.80. The standard InChI is InChI=1S/C18H24N8O2/c1-4-25-15(8-27)23-24-16(25)11-5-12(6-11)21-17(28)13-7-14(10(2)3)26-18(22-13)19-9-20-26/h7,9-12,27H,4-6,8H2,1-3H3,(H,21,28). The summed E-state index contributed by atoms with van der Waals surface area (Å²) in [7, 11) is 0. The molecule has 148 valence electrons. The minimum atomic E-state index is -0.205. The maximum atomic E-state index is 12.7. The average molecular weight is 384 g/mol. The van der Waals surface area contributed by atoms with Crippen LogP contribution in [0.1, 0.15) is 73.3 Å². The zero-order chi connectivity index (χ0) is 19.8. The van der Waals surface area contributed by atoms with E-state index in [1.54, 1.807) is 10.6 Å². The second-order valence-corrected chi connectivity index (χ2v) is 7.41. The number of nitrogens with one attached hydrogen (secondary N) is 1. The molecular weight excluding hydrogens is 360 g/mol. The van der Waals surface area contributed by atoms with Gasteiger partial charge in [-0.3, -0.25) is 4.79 Å². The number of nitrogens with zero attached hydrogens (tertiary/aromatic N) is 7. The molecule has 0 bridgehead atoms. The molecule has 1 fully saturated rings. The molecule has 1 aliphatic rings. The molecule has 0 radical (unpaired) electrons. The molecule has 0 aliphatic heterocycles. The van der Waals surface area contributed by atoms with Crippen LogP contribution in [0.25, 0.3) is 5.78 Å². The highest BCUT2D eigenvalue weighted by atomic mass is 16.3. The molecule has 0 aromatic carbocycles. The summed E-state index contributed by atoms with van der Waals surface area (Å²) in [6.45, 7) is 6.68. The molecule has 0 unspecified atom stereocenters. The van der Waals surface area contributed by atoms with Crippen LogP contribution in [0.2, 0.25) is 0 Å². The van der Waals surface area contributed by atoms with E-state index in [1.165, 1.54) is 6.33 Å². The Morgan fingerprint density at radius 3 is 2.82 bits per heavy atom.